The predicted octanol–water partition coefficient (Wildman–Crippen LogP) is 3.45. The lowest BCUT2D eigenvalue weighted by Crippen LogP contribution is -2.37. The summed E-state index contributed by atoms with van der Waals surface area (Å²) in [7, 11) is 0. The molecule has 1 atom stereocenters. The van der Waals surface area contributed by atoms with Crippen LogP contribution in [0.25, 0.3) is 0 Å². The highest BCUT2D eigenvalue weighted by Crippen LogP contribution is 2.27. The smallest absolute Gasteiger partial charge is 0.258 e. The number of amides is 1. The molecule has 25 heavy (non-hydrogen) atoms. The van der Waals surface area contributed by atoms with Crippen LogP contribution in [0.3, 0.4) is 0 Å². The number of benzene rings is 2. The van der Waals surface area contributed by atoms with E-state index in [1.807, 2.05) is 49.4 Å². The van der Waals surface area contributed by atoms with Gasteiger partial charge in [0.1, 0.15) is 12.6 Å². The van der Waals surface area contributed by atoms with Crippen LogP contribution in [0.2, 0.25) is 0 Å². The summed E-state index contributed by atoms with van der Waals surface area (Å²) in [6.07, 6.45) is 1.45. The number of rotatable bonds is 9. The van der Waals surface area contributed by atoms with Gasteiger partial charge >= 0.3 is 0 Å². The summed E-state index contributed by atoms with van der Waals surface area (Å²) in [4.78, 5) is 11.9. The van der Waals surface area contributed by atoms with Crippen LogP contribution in [0, 0.1) is 11.3 Å². The summed E-state index contributed by atoms with van der Waals surface area (Å²) in [6, 6.07) is 18.6. The third-order valence-electron chi connectivity index (χ3n) is 3.51. The van der Waals surface area contributed by atoms with Gasteiger partial charge < -0.3 is 14.8 Å². The molecule has 0 saturated carbocycles. The van der Waals surface area contributed by atoms with E-state index in [2.05, 4.69) is 11.4 Å². The van der Waals surface area contributed by atoms with Crippen molar-refractivity contribution in [2.75, 3.05) is 6.61 Å². The van der Waals surface area contributed by atoms with Gasteiger partial charge in [-0.2, -0.15) is 5.26 Å². The molecule has 1 amide bonds. The molecule has 0 saturated heterocycles. The van der Waals surface area contributed by atoms with E-state index < -0.39 is 6.04 Å². The number of hydrogen-bond donors (Lipinski definition) is 1. The number of nitrogens with one attached hydrogen (secondary N) is 1. The molecule has 0 heterocycles. The highest BCUT2D eigenvalue weighted by atomic mass is 16.5. The fourth-order valence-electron chi connectivity index (χ4n) is 2.26. The average molecular weight is 338 g/mol. The number of para-hydroxylation sites is 2. The van der Waals surface area contributed by atoms with Gasteiger partial charge in [-0.15, -0.1) is 0 Å². The predicted molar refractivity (Wildman–Crippen MR) is 95.2 cm³/mol. The van der Waals surface area contributed by atoms with Gasteiger partial charge in [-0.25, -0.2) is 0 Å². The minimum atomic E-state index is -0.481. The van der Waals surface area contributed by atoms with Crippen molar-refractivity contribution in [2.45, 2.75) is 32.4 Å². The maximum Gasteiger partial charge on any atom is 0.258 e. The van der Waals surface area contributed by atoms with Crippen molar-refractivity contribution in [2.24, 2.45) is 0 Å². The minimum absolute atomic E-state index is 0.159. The van der Waals surface area contributed by atoms with E-state index in [4.69, 9.17) is 14.7 Å². The lowest BCUT2D eigenvalue weighted by molar-refractivity contribution is -0.123. The molecule has 130 valence electrons. The maximum atomic E-state index is 11.9. The summed E-state index contributed by atoms with van der Waals surface area (Å²) >= 11 is 0. The standard InChI is InChI=1S/C20H22N2O3/c1-2-8-17(13-21)22-20(23)15-25-19-12-7-6-11-18(19)24-14-16-9-4-3-5-10-16/h3-7,9-12,17H,2,8,14-15H2,1H3,(H,22,23). The molecule has 0 aliphatic rings. The molecule has 0 fully saturated rings. The summed E-state index contributed by atoms with van der Waals surface area (Å²) < 4.78 is 11.4. The van der Waals surface area contributed by atoms with Gasteiger partial charge in [0.15, 0.2) is 18.1 Å². The van der Waals surface area contributed by atoms with Gasteiger partial charge in [-0.1, -0.05) is 55.8 Å². The van der Waals surface area contributed by atoms with Crippen molar-refractivity contribution in [1.29, 1.82) is 5.26 Å². The number of ether oxygens (including phenoxy) is 2. The van der Waals surface area contributed by atoms with Crippen LogP contribution in [0.15, 0.2) is 54.6 Å². The van der Waals surface area contributed by atoms with Crippen molar-refractivity contribution < 1.29 is 14.3 Å². The Morgan fingerprint density at radius 3 is 2.36 bits per heavy atom. The van der Waals surface area contributed by atoms with Crippen LogP contribution in [-0.2, 0) is 11.4 Å². The molecular formula is C20H22N2O3. The fraction of sp³-hybridized carbons (Fsp3) is 0.300. The van der Waals surface area contributed by atoms with Gasteiger partial charge in [-0.3, -0.25) is 4.79 Å². The molecule has 5 heteroatoms. The second-order valence-corrected chi connectivity index (χ2v) is 5.55. The van der Waals surface area contributed by atoms with Gasteiger partial charge in [0, 0.05) is 0 Å². The third kappa shape index (κ3) is 6.19. The Balaban J connectivity index is 1.89. The Morgan fingerprint density at radius 1 is 1.08 bits per heavy atom. The topological polar surface area (TPSA) is 71.4 Å². The van der Waals surface area contributed by atoms with Gasteiger partial charge in [0.2, 0.25) is 0 Å². The Bertz CT molecular complexity index is 710. The molecule has 0 bridgehead atoms. The van der Waals surface area contributed by atoms with Crippen LogP contribution in [-0.4, -0.2) is 18.6 Å². The minimum Gasteiger partial charge on any atom is -0.485 e. The van der Waals surface area contributed by atoms with Crippen molar-refractivity contribution >= 4 is 5.91 Å². The van der Waals surface area contributed by atoms with Crippen molar-refractivity contribution in [3.63, 3.8) is 0 Å². The zero-order valence-corrected chi connectivity index (χ0v) is 14.3. The molecule has 1 N–H and O–H groups in total. The maximum absolute atomic E-state index is 11.9. The summed E-state index contributed by atoms with van der Waals surface area (Å²) in [5, 5.41) is 11.6. The van der Waals surface area contributed by atoms with Crippen LogP contribution in [0.1, 0.15) is 25.3 Å². The van der Waals surface area contributed by atoms with Crippen molar-refractivity contribution in [3.05, 3.63) is 60.2 Å². The van der Waals surface area contributed by atoms with E-state index in [0.717, 1.165) is 12.0 Å². The molecular weight excluding hydrogens is 316 g/mol. The Morgan fingerprint density at radius 2 is 1.72 bits per heavy atom. The first-order valence-electron chi connectivity index (χ1n) is 8.30. The van der Waals surface area contributed by atoms with Gasteiger partial charge in [0.05, 0.1) is 6.07 Å². The Labute approximate surface area is 148 Å². The van der Waals surface area contributed by atoms with E-state index >= 15 is 0 Å². The summed E-state index contributed by atoms with van der Waals surface area (Å²) in [6.45, 7) is 2.22. The molecule has 2 aromatic rings. The first-order valence-corrected chi connectivity index (χ1v) is 8.30. The van der Waals surface area contributed by atoms with Crippen LogP contribution < -0.4 is 14.8 Å². The first kappa shape index (κ1) is 18.3. The highest BCUT2D eigenvalue weighted by molar-refractivity contribution is 5.78. The van der Waals surface area contributed by atoms with E-state index in [1.54, 1.807) is 12.1 Å². The molecule has 0 radical (unpaired) electrons. The lowest BCUT2D eigenvalue weighted by atomic mass is 10.2. The second kappa shape index (κ2) is 9.99. The zero-order chi connectivity index (χ0) is 17.9. The normalized spacial score (nSPS) is 11.2. The zero-order valence-electron chi connectivity index (χ0n) is 14.3. The van der Waals surface area contributed by atoms with Crippen molar-refractivity contribution in [3.8, 4) is 17.6 Å². The molecule has 0 aliphatic carbocycles. The van der Waals surface area contributed by atoms with E-state index in [-0.39, 0.29) is 12.5 Å². The van der Waals surface area contributed by atoms with E-state index in [0.29, 0.717) is 24.5 Å². The number of nitriles is 1. The SMILES string of the molecule is CCCC(C#N)NC(=O)COc1ccccc1OCc1ccccc1. The lowest BCUT2D eigenvalue weighted by Gasteiger charge is -2.14. The van der Waals surface area contributed by atoms with Crippen LogP contribution >= 0.6 is 0 Å². The number of hydrogen-bond acceptors (Lipinski definition) is 4. The van der Waals surface area contributed by atoms with Crippen LogP contribution in [0.5, 0.6) is 11.5 Å². The average Bonchev–Trinajstić information content (AvgIpc) is 2.65. The quantitative estimate of drug-likeness (QED) is 0.760. The first-order chi connectivity index (χ1) is 12.2. The third-order valence-corrected chi connectivity index (χ3v) is 3.51. The number of nitrogens with zero attached hydrogens (tertiary/aromatic N) is 1. The monoisotopic (exact) mass is 338 g/mol. The highest BCUT2D eigenvalue weighted by Gasteiger charge is 2.12. The van der Waals surface area contributed by atoms with E-state index in [9.17, 15) is 4.79 Å². The Kier molecular flexibility index (Phi) is 7.33. The molecule has 2 aromatic carbocycles. The number of carbonyl (C=O) groups excluding carboxylic acids is 1. The molecule has 1 unspecified atom stereocenters. The summed E-state index contributed by atoms with van der Waals surface area (Å²) in [5.41, 5.74) is 1.05. The van der Waals surface area contributed by atoms with Crippen LogP contribution in [0.4, 0.5) is 0 Å². The molecule has 0 aliphatic heterocycles. The largest absolute Gasteiger partial charge is 0.485 e. The Hall–Kier alpha value is -3.00. The molecule has 5 nitrogen and oxygen atoms in total. The summed E-state index contributed by atoms with van der Waals surface area (Å²) in [5.74, 6) is 0.750. The molecule has 2 rings (SSSR count). The van der Waals surface area contributed by atoms with Gasteiger partial charge in [-0.05, 0) is 24.1 Å². The second-order valence-electron chi connectivity index (χ2n) is 5.55. The molecule has 0 spiro atoms. The molecule has 0 aromatic heterocycles. The number of carbonyl (C=O) groups is 1. The van der Waals surface area contributed by atoms with Gasteiger partial charge in [0.25, 0.3) is 5.91 Å². The van der Waals surface area contributed by atoms with E-state index in [1.165, 1.54) is 0 Å². The fourth-order valence-corrected chi connectivity index (χ4v) is 2.26. The van der Waals surface area contributed by atoms with Crippen molar-refractivity contribution in [1.82, 2.24) is 5.32 Å².